The van der Waals surface area contributed by atoms with Crippen molar-refractivity contribution < 1.29 is 26.4 Å². The topological polar surface area (TPSA) is 78.5 Å². The molecule has 2 aromatic rings. The van der Waals surface area contributed by atoms with Crippen molar-refractivity contribution in [1.29, 1.82) is 0 Å². The summed E-state index contributed by atoms with van der Waals surface area (Å²) in [7, 11) is -3.58. The summed E-state index contributed by atoms with van der Waals surface area (Å²) in [6.07, 6.45) is -3.69. The summed E-state index contributed by atoms with van der Waals surface area (Å²) >= 11 is 6.80. The number of nitrogens with one attached hydrogen (secondary N) is 2. The van der Waals surface area contributed by atoms with E-state index in [-0.39, 0.29) is 21.0 Å². The molecule has 0 saturated carbocycles. The van der Waals surface area contributed by atoms with Crippen LogP contribution >= 0.6 is 22.9 Å². The van der Waals surface area contributed by atoms with Crippen molar-refractivity contribution in [2.75, 3.05) is 18.4 Å². The summed E-state index contributed by atoms with van der Waals surface area (Å²) in [4.78, 5) is 14.4. The van der Waals surface area contributed by atoms with Gasteiger partial charge >= 0.3 is 6.18 Å². The summed E-state index contributed by atoms with van der Waals surface area (Å²) in [5.41, 5.74) is -1.37. The molecular formula is C19H21ClF3N3O3S2. The summed E-state index contributed by atoms with van der Waals surface area (Å²) < 4.78 is 67.3. The summed E-state index contributed by atoms with van der Waals surface area (Å²) in [6.45, 7) is 2.46. The van der Waals surface area contributed by atoms with Crippen LogP contribution in [0.5, 0.6) is 0 Å². The maximum absolute atomic E-state index is 13.2. The van der Waals surface area contributed by atoms with E-state index in [0.29, 0.717) is 25.9 Å². The van der Waals surface area contributed by atoms with Crippen LogP contribution in [-0.4, -0.2) is 44.4 Å². The van der Waals surface area contributed by atoms with E-state index in [4.69, 9.17) is 11.6 Å². The molecule has 1 aliphatic rings. The first kappa shape index (κ1) is 24.0. The molecule has 2 N–H and O–H groups in total. The van der Waals surface area contributed by atoms with E-state index in [9.17, 15) is 26.4 Å². The number of carbonyl (C=O) groups excluding carboxylic acids is 1. The van der Waals surface area contributed by atoms with E-state index in [1.165, 1.54) is 12.1 Å². The van der Waals surface area contributed by atoms with Gasteiger partial charge in [-0.05, 0) is 49.4 Å². The second-order valence-corrected chi connectivity index (χ2v) is 10.5. The van der Waals surface area contributed by atoms with E-state index >= 15 is 0 Å². The fourth-order valence-corrected chi connectivity index (χ4v) is 5.85. The van der Waals surface area contributed by atoms with E-state index in [2.05, 4.69) is 10.0 Å². The molecule has 1 unspecified atom stereocenters. The van der Waals surface area contributed by atoms with Gasteiger partial charge in [-0.1, -0.05) is 17.7 Å². The van der Waals surface area contributed by atoms with Crippen molar-refractivity contribution in [3.05, 3.63) is 46.3 Å². The average molecular weight is 496 g/mol. The molecule has 1 saturated heterocycles. The largest absolute Gasteiger partial charge is 0.418 e. The average Bonchev–Trinajstić information content (AvgIpc) is 3.24. The lowest BCUT2D eigenvalue weighted by Gasteiger charge is -2.35. The molecule has 0 aliphatic carbocycles. The Morgan fingerprint density at radius 1 is 1.26 bits per heavy atom. The third kappa shape index (κ3) is 5.98. The Hall–Kier alpha value is -1.66. The van der Waals surface area contributed by atoms with Gasteiger partial charge in [-0.2, -0.15) is 13.2 Å². The van der Waals surface area contributed by atoms with Crippen LogP contribution in [0.3, 0.4) is 0 Å². The molecule has 1 aromatic carbocycles. The number of thiophene rings is 1. The number of piperidine rings is 1. The highest BCUT2D eigenvalue weighted by molar-refractivity contribution is 7.91. The van der Waals surface area contributed by atoms with Crippen LogP contribution in [0.15, 0.2) is 39.9 Å². The lowest BCUT2D eigenvalue weighted by Crippen LogP contribution is -2.50. The second-order valence-electron chi connectivity index (χ2n) is 7.22. The van der Waals surface area contributed by atoms with Gasteiger partial charge in [-0.15, -0.1) is 11.3 Å². The van der Waals surface area contributed by atoms with Crippen molar-refractivity contribution in [2.24, 2.45) is 0 Å². The lowest BCUT2D eigenvalue weighted by molar-refractivity contribution is -0.137. The zero-order valence-electron chi connectivity index (χ0n) is 16.4. The number of benzene rings is 1. The predicted molar refractivity (Wildman–Crippen MR) is 114 cm³/mol. The Morgan fingerprint density at radius 2 is 1.94 bits per heavy atom. The number of likely N-dealkylation sites (tertiary alicyclic amines) is 1. The Balaban J connectivity index is 1.59. The molecule has 0 bridgehead atoms. The first-order valence-electron chi connectivity index (χ1n) is 9.45. The molecule has 3 rings (SSSR count). The van der Waals surface area contributed by atoms with Crippen LogP contribution in [0, 0.1) is 0 Å². The van der Waals surface area contributed by atoms with Gasteiger partial charge in [0.05, 0.1) is 17.3 Å². The molecule has 6 nitrogen and oxygen atoms in total. The van der Waals surface area contributed by atoms with E-state index in [1.54, 1.807) is 18.4 Å². The number of sulfonamides is 1. The van der Waals surface area contributed by atoms with E-state index in [1.807, 2.05) is 4.90 Å². The molecule has 0 spiro atoms. The van der Waals surface area contributed by atoms with Crippen LogP contribution < -0.4 is 10.0 Å². The van der Waals surface area contributed by atoms with Crippen LogP contribution in [-0.2, 0) is 21.0 Å². The first-order valence-corrected chi connectivity index (χ1v) is 12.2. The van der Waals surface area contributed by atoms with Crippen molar-refractivity contribution in [3.8, 4) is 0 Å². The Kier molecular flexibility index (Phi) is 7.32. The minimum Gasteiger partial charge on any atom is -0.324 e. The molecule has 2 heterocycles. The number of alkyl halides is 3. The minimum atomic E-state index is -4.66. The van der Waals surface area contributed by atoms with Gasteiger partial charge in [-0.25, -0.2) is 13.1 Å². The zero-order valence-corrected chi connectivity index (χ0v) is 18.8. The Bertz CT molecular complexity index is 1020. The number of rotatable bonds is 6. The number of carbonyl (C=O) groups is 1. The SMILES string of the molecule is CC(C(=O)Nc1ccc(Cl)cc1C(F)(F)F)N1CCC(NS(=O)(=O)c2cccs2)CC1. The quantitative estimate of drug-likeness (QED) is 0.630. The maximum Gasteiger partial charge on any atom is 0.418 e. The second kappa shape index (κ2) is 9.45. The lowest BCUT2D eigenvalue weighted by atomic mass is 10.0. The smallest absolute Gasteiger partial charge is 0.324 e. The normalized spacial score (nSPS) is 17.5. The number of amides is 1. The van der Waals surface area contributed by atoms with Crippen LogP contribution in [0.4, 0.5) is 18.9 Å². The Morgan fingerprint density at radius 3 is 2.52 bits per heavy atom. The number of halogens is 4. The van der Waals surface area contributed by atoms with Crippen LogP contribution in [0.1, 0.15) is 25.3 Å². The fraction of sp³-hybridized carbons (Fsp3) is 0.421. The fourth-order valence-electron chi connectivity index (χ4n) is 3.36. The molecule has 12 heteroatoms. The number of hydrogen-bond donors (Lipinski definition) is 2. The van der Waals surface area contributed by atoms with E-state index in [0.717, 1.165) is 23.5 Å². The van der Waals surface area contributed by atoms with Gasteiger partial charge < -0.3 is 5.32 Å². The first-order chi connectivity index (χ1) is 14.5. The zero-order chi connectivity index (χ0) is 22.8. The third-order valence-corrected chi connectivity index (χ3v) is 8.24. The summed E-state index contributed by atoms with van der Waals surface area (Å²) in [5, 5.41) is 3.94. The number of anilines is 1. The highest BCUT2D eigenvalue weighted by atomic mass is 35.5. The van der Waals surface area contributed by atoms with E-state index < -0.39 is 33.7 Å². The highest BCUT2D eigenvalue weighted by Gasteiger charge is 2.35. The van der Waals surface area contributed by atoms with Crippen LogP contribution in [0.25, 0.3) is 0 Å². The van der Waals surface area contributed by atoms with Gasteiger partial charge in [0.1, 0.15) is 4.21 Å². The van der Waals surface area contributed by atoms with Crippen molar-refractivity contribution >= 4 is 44.6 Å². The predicted octanol–water partition coefficient (Wildman–Crippen LogP) is 4.19. The van der Waals surface area contributed by atoms with Crippen molar-refractivity contribution in [3.63, 3.8) is 0 Å². The van der Waals surface area contributed by atoms with Gasteiger partial charge in [0.2, 0.25) is 15.9 Å². The third-order valence-electron chi connectivity index (χ3n) is 5.08. The molecule has 1 atom stereocenters. The molecule has 1 amide bonds. The molecule has 1 aromatic heterocycles. The van der Waals surface area contributed by atoms with Gasteiger partial charge in [-0.3, -0.25) is 9.69 Å². The molecule has 1 fully saturated rings. The van der Waals surface area contributed by atoms with Crippen molar-refractivity contribution in [2.45, 2.75) is 42.2 Å². The minimum absolute atomic E-state index is 0.0783. The molecular weight excluding hydrogens is 475 g/mol. The molecule has 31 heavy (non-hydrogen) atoms. The Labute approximate surface area is 187 Å². The molecule has 0 radical (unpaired) electrons. The molecule has 170 valence electrons. The maximum atomic E-state index is 13.2. The summed E-state index contributed by atoms with van der Waals surface area (Å²) in [5.74, 6) is -0.578. The number of hydrogen-bond acceptors (Lipinski definition) is 5. The van der Waals surface area contributed by atoms with Crippen LogP contribution in [0.2, 0.25) is 5.02 Å². The van der Waals surface area contributed by atoms with Gasteiger partial charge in [0.25, 0.3) is 0 Å². The van der Waals surface area contributed by atoms with Crippen molar-refractivity contribution in [1.82, 2.24) is 9.62 Å². The van der Waals surface area contributed by atoms with Gasteiger partial charge in [0.15, 0.2) is 0 Å². The standard InChI is InChI=1S/C19H21ClF3N3O3S2/c1-12(18(27)24-16-5-4-13(20)11-15(16)19(21,22)23)26-8-6-14(7-9-26)25-31(28,29)17-3-2-10-30-17/h2-5,10-12,14,25H,6-9H2,1H3,(H,24,27). The van der Waals surface area contributed by atoms with Gasteiger partial charge in [0, 0.05) is 24.2 Å². The highest BCUT2D eigenvalue weighted by Crippen LogP contribution is 2.36. The summed E-state index contributed by atoms with van der Waals surface area (Å²) in [6, 6.07) is 5.41. The molecule has 1 aliphatic heterocycles. The number of nitrogens with zero attached hydrogens (tertiary/aromatic N) is 1. The monoisotopic (exact) mass is 495 g/mol.